The minimum absolute atomic E-state index is 0.400. The van der Waals surface area contributed by atoms with E-state index in [2.05, 4.69) is 53.2 Å². The van der Waals surface area contributed by atoms with Crippen LogP contribution in [0.25, 0.3) is 10.8 Å². The Morgan fingerprint density at radius 2 is 1.86 bits per heavy atom. The molecule has 0 aliphatic heterocycles. The Hall–Kier alpha value is -1.98. The van der Waals surface area contributed by atoms with Crippen LogP contribution in [0.1, 0.15) is 25.3 Å². The number of hydrogen-bond donors (Lipinski definition) is 0. The van der Waals surface area contributed by atoms with E-state index in [0.29, 0.717) is 24.4 Å². The zero-order valence-corrected chi connectivity index (χ0v) is 13.6. The largest absolute Gasteiger partial charge is 0.419 e. The van der Waals surface area contributed by atoms with Gasteiger partial charge in [-0.2, -0.15) is 0 Å². The van der Waals surface area contributed by atoms with Gasteiger partial charge in [-0.15, -0.1) is 21.5 Å². The summed E-state index contributed by atoms with van der Waals surface area (Å²) in [6, 6.07) is 14.8. The molecule has 0 aliphatic rings. The van der Waals surface area contributed by atoms with Crippen LogP contribution in [0.4, 0.5) is 0 Å². The zero-order chi connectivity index (χ0) is 15.4. The molecule has 5 heteroatoms. The number of nitrogens with zero attached hydrogens (tertiary/aromatic N) is 3. The molecule has 0 amide bonds. The molecule has 0 N–H and O–H groups in total. The van der Waals surface area contributed by atoms with Crippen LogP contribution in [0.2, 0.25) is 0 Å². The molecule has 4 nitrogen and oxygen atoms in total. The van der Waals surface area contributed by atoms with Gasteiger partial charge in [0, 0.05) is 12.6 Å². The second kappa shape index (κ2) is 6.85. The van der Waals surface area contributed by atoms with Crippen molar-refractivity contribution in [3.8, 4) is 10.8 Å². The molecule has 0 spiro atoms. The monoisotopic (exact) mass is 313 g/mol. The summed E-state index contributed by atoms with van der Waals surface area (Å²) in [5.41, 5.74) is 1.29. The zero-order valence-electron chi connectivity index (χ0n) is 12.8. The molecular weight excluding hydrogens is 294 g/mol. The van der Waals surface area contributed by atoms with Crippen molar-refractivity contribution in [2.75, 3.05) is 0 Å². The van der Waals surface area contributed by atoms with Crippen molar-refractivity contribution in [1.29, 1.82) is 0 Å². The van der Waals surface area contributed by atoms with E-state index in [-0.39, 0.29) is 0 Å². The SMILES string of the molecule is CC(C)N(Cc1ccccc1)Cc1nnc(-c2cccs2)o1. The molecule has 0 fully saturated rings. The van der Waals surface area contributed by atoms with E-state index in [1.807, 2.05) is 23.6 Å². The van der Waals surface area contributed by atoms with Crippen LogP contribution >= 0.6 is 11.3 Å². The summed E-state index contributed by atoms with van der Waals surface area (Å²) in [5.74, 6) is 1.27. The third-order valence-electron chi connectivity index (χ3n) is 3.50. The summed E-state index contributed by atoms with van der Waals surface area (Å²) in [4.78, 5) is 3.33. The molecule has 0 radical (unpaired) electrons. The molecule has 0 saturated carbocycles. The highest BCUT2D eigenvalue weighted by molar-refractivity contribution is 7.13. The molecule has 0 saturated heterocycles. The molecule has 2 heterocycles. The van der Waals surface area contributed by atoms with Crippen molar-refractivity contribution >= 4 is 11.3 Å². The molecule has 0 bridgehead atoms. The van der Waals surface area contributed by atoms with Gasteiger partial charge >= 0.3 is 0 Å². The highest BCUT2D eigenvalue weighted by atomic mass is 32.1. The fraction of sp³-hybridized carbons (Fsp3) is 0.294. The van der Waals surface area contributed by atoms with E-state index in [1.165, 1.54) is 5.56 Å². The van der Waals surface area contributed by atoms with Gasteiger partial charge in [0.2, 0.25) is 5.89 Å². The van der Waals surface area contributed by atoms with Gasteiger partial charge in [-0.25, -0.2) is 0 Å². The van der Waals surface area contributed by atoms with Crippen LogP contribution < -0.4 is 0 Å². The van der Waals surface area contributed by atoms with E-state index >= 15 is 0 Å². The Morgan fingerprint density at radius 1 is 1.05 bits per heavy atom. The molecule has 22 heavy (non-hydrogen) atoms. The maximum atomic E-state index is 5.79. The Bertz CT molecular complexity index is 692. The molecule has 1 aromatic carbocycles. The minimum Gasteiger partial charge on any atom is -0.419 e. The Kier molecular flexibility index (Phi) is 4.65. The summed E-state index contributed by atoms with van der Waals surface area (Å²) < 4.78 is 5.79. The van der Waals surface area contributed by atoms with Gasteiger partial charge in [0.1, 0.15) is 0 Å². The second-order valence-corrected chi connectivity index (χ2v) is 6.41. The standard InChI is InChI=1S/C17H19N3OS/c1-13(2)20(11-14-7-4-3-5-8-14)12-16-18-19-17(21-16)15-9-6-10-22-15/h3-10,13H,11-12H2,1-2H3. The summed E-state index contributed by atoms with van der Waals surface area (Å²) in [7, 11) is 0. The maximum absolute atomic E-state index is 5.79. The molecule has 2 aromatic heterocycles. The fourth-order valence-electron chi connectivity index (χ4n) is 2.23. The lowest BCUT2D eigenvalue weighted by Crippen LogP contribution is -2.29. The van der Waals surface area contributed by atoms with Gasteiger partial charge in [0.25, 0.3) is 5.89 Å². The normalized spacial score (nSPS) is 11.5. The molecular formula is C17H19N3OS. The Morgan fingerprint density at radius 3 is 2.55 bits per heavy atom. The summed E-state index contributed by atoms with van der Waals surface area (Å²) in [6.45, 7) is 5.89. The van der Waals surface area contributed by atoms with E-state index in [4.69, 9.17) is 4.42 Å². The lowest BCUT2D eigenvalue weighted by atomic mass is 10.2. The smallest absolute Gasteiger partial charge is 0.257 e. The quantitative estimate of drug-likeness (QED) is 0.683. The third kappa shape index (κ3) is 3.61. The first kappa shape index (κ1) is 14.9. The van der Waals surface area contributed by atoms with Crippen molar-refractivity contribution in [1.82, 2.24) is 15.1 Å². The molecule has 3 aromatic rings. The first-order chi connectivity index (χ1) is 10.7. The highest BCUT2D eigenvalue weighted by Crippen LogP contribution is 2.23. The molecule has 3 rings (SSSR count). The average Bonchev–Trinajstić information content (AvgIpc) is 3.18. The van der Waals surface area contributed by atoms with Crippen LogP contribution in [0.5, 0.6) is 0 Å². The number of aromatic nitrogens is 2. The first-order valence-corrected chi connectivity index (χ1v) is 8.24. The van der Waals surface area contributed by atoms with E-state index in [9.17, 15) is 0 Å². The van der Waals surface area contributed by atoms with Gasteiger partial charge < -0.3 is 4.42 Å². The minimum atomic E-state index is 0.400. The van der Waals surface area contributed by atoms with Crippen LogP contribution in [0.15, 0.2) is 52.3 Å². The Balaban J connectivity index is 1.71. The van der Waals surface area contributed by atoms with E-state index in [0.717, 1.165) is 11.4 Å². The lowest BCUT2D eigenvalue weighted by molar-refractivity contribution is 0.184. The van der Waals surface area contributed by atoms with E-state index in [1.54, 1.807) is 11.3 Å². The molecule has 0 atom stereocenters. The van der Waals surface area contributed by atoms with Gasteiger partial charge in [-0.3, -0.25) is 4.90 Å². The van der Waals surface area contributed by atoms with Crippen molar-refractivity contribution < 1.29 is 4.42 Å². The van der Waals surface area contributed by atoms with Gasteiger partial charge in [-0.05, 0) is 30.9 Å². The summed E-state index contributed by atoms with van der Waals surface area (Å²) in [5, 5.41) is 10.3. The van der Waals surface area contributed by atoms with Crippen LogP contribution in [0, 0.1) is 0 Å². The van der Waals surface area contributed by atoms with Crippen molar-refractivity contribution in [3.05, 3.63) is 59.3 Å². The number of benzene rings is 1. The average molecular weight is 313 g/mol. The number of rotatable bonds is 6. The van der Waals surface area contributed by atoms with Crippen LogP contribution in [-0.4, -0.2) is 21.1 Å². The summed E-state index contributed by atoms with van der Waals surface area (Å²) in [6.07, 6.45) is 0. The Labute approximate surface area is 134 Å². The van der Waals surface area contributed by atoms with Gasteiger partial charge in [0.15, 0.2) is 0 Å². The molecule has 0 unspecified atom stereocenters. The maximum Gasteiger partial charge on any atom is 0.257 e. The number of thiophene rings is 1. The van der Waals surface area contributed by atoms with Crippen LogP contribution in [-0.2, 0) is 13.1 Å². The summed E-state index contributed by atoms with van der Waals surface area (Å²) >= 11 is 1.61. The molecule has 114 valence electrons. The fourth-order valence-corrected chi connectivity index (χ4v) is 2.87. The third-order valence-corrected chi connectivity index (χ3v) is 4.35. The van der Waals surface area contributed by atoms with Crippen LogP contribution in [0.3, 0.4) is 0 Å². The van der Waals surface area contributed by atoms with Gasteiger partial charge in [-0.1, -0.05) is 36.4 Å². The van der Waals surface area contributed by atoms with E-state index < -0.39 is 0 Å². The second-order valence-electron chi connectivity index (χ2n) is 5.46. The lowest BCUT2D eigenvalue weighted by Gasteiger charge is -2.24. The highest BCUT2D eigenvalue weighted by Gasteiger charge is 2.16. The van der Waals surface area contributed by atoms with Crippen molar-refractivity contribution in [3.63, 3.8) is 0 Å². The predicted molar refractivity (Wildman–Crippen MR) is 88.4 cm³/mol. The predicted octanol–water partition coefficient (Wildman–Crippen LogP) is 4.21. The van der Waals surface area contributed by atoms with Crippen molar-refractivity contribution in [2.45, 2.75) is 33.0 Å². The van der Waals surface area contributed by atoms with Gasteiger partial charge in [0.05, 0.1) is 11.4 Å². The number of hydrogen-bond acceptors (Lipinski definition) is 5. The molecule has 0 aliphatic carbocycles. The topological polar surface area (TPSA) is 42.2 Å². The first-order valence-electron chi connectivity index (χ1n) is 7.36. The van der Waals surface area contributed by atoms with Crippen molar-refractivity contribution in [2.24, 2.45) is 0 Å².